The molecule has 0 atom stereocenters. The van der Waals surface area contributed by atoms with E-state index >= 15 is 0 Å². The van der Waals surface area contributed by atoms with Gasteiger partial charge in [-0.05, 0) is 43.5 Å². The number of aromatic nitrogens is 2. The summed E-state index contributed by atoms with van der Waals surface area (Å²) in [5.74, 6) is 2.14. The van der Waals surface area contributed by atoms with Crippen LogP contribution < -0.4 is 10.1 Å². The van der Waals surface area contributed by atoms with Gasteiger partial charge in [0.2, 0.25) is 0 Å². The SMILES string of the molecule is CCCCOc1ccc(-c2nc(CNC3CC3)no2)cc1. The van der Waals surface area contributed by atoms with Crippen molar-refractivity contribution in [3.8, 4) is 17.2 Å². The maximum Gasteiger partial charge on any atom is 0.257 e. The van der Waals surface area contributed by atoms with E-state index in [-0.39, 0.29) is 0 Å². The van der Waals surface area contributed by atoms with Gasteiger partial charge in [-0.3, -0.25) is 0 Å². The first-order valence-electron chi connectivity index (χ1n) is 7.64. The summed E-state index contributed by atoms with van der Waals surface area (Å²) in [7, 11) is 0. The maximum absolute atomic E-state index is 5.64. The minimum atomic E-state index is 0.558. The Balaban J connectivity index is 1.57. The molecule has 1 aromatic carbocycles. The second-order valence-corrected chi connectivity index (χ2v) is 5.40. The van der Waals surface area contributed by atoms with E-state index in [0.717, 1.165) is 30.8 Å². The summed E-state index contributed by atoms with van der Waals surface area (Å²) in [5, 5.41) is 7.37. The summed E-state index contributed by atoms with van der Waals surface area (Å²) in [4.78, 5) is 4.40. The van der Waals surface area contributed by atoms with E-state index in [9.17, 15) is 0 Å². The summed E-state index contributed by atoms with van der Waals surface area (Å²) in [6.45, 7) is 3.58. The molecule has 21 heavy (non-hydrogen) atoms. The number of ether oxygens (including phenoxy) is 1. The molecule has 0 amide bonds. The molecule has 0 radical (unpaired) electrons. The van der Waals surface area contributed by atoms with Gasteiger partial charge in [0, 0.05) is 11.6 Å². The number of unbranched alkanes of at least 4 members (excludes halogenated alkanes) is 1. The van der Waals surface area contributed by atoms with Gasteiger partial charge in [-0.2, -0.15) is 4.98 Å². The number of hydrogen-bond donors (Lipinski definition) is 1. The predicted molar refractivity (Wildman–Crippen MR) is 80.0 cm³/mol. The number of nitrogens with zero attached hydrogens (tertiary/aromatic N) is 2. The van der Waals surface area contributed by atoms with E-state index in [1.807, 2.05) is 24.3 Å². The monoisotopic (exact) mass is 287 g/mol. The molecule has 1 saturated carbocycles. The Labute approximate surface area is 124 Å². The molecule has 1 fully saturated rings. The van der Waals surface area contributed by atoms with Crippen molar-refractivity contribution in [3.63, 3.8) is 0 Å². The standard InChI is InChI=1S/C16H21N3O2/c1-2-3-10-20-14-8-4-12(5-9-14)16-18-15(19-21-16)11-17-13-6-7-13/h4-5,8-9,13,17H,2-3,6-7,10-11H2,1H3. The second-order valence-electron chi connectivity index (χ2n) is 5.40. The molecule has 1 aliphatic rings. The molecule has 2 aromatic rings. The molecule has 5 nitrogen and oxygen atoms in total. The number of rotatable bonds is 8. The van der Waals surface area contributed by atoms with E-state index < -0.39 is 0 Å². The molecule has 0 spiro atoms. The molecule has 1 N–H and O–H groups in total. The topological polar surface area (TPSA) is 60.2 Å². The van der Waals surface area contributed by atoms with Crippen LogP contribution in [-0.4, -0.2) is 22.8 Å². The fourth-order valence-corrected chi connectivity index (χ4v) is 1.99. The van der Waals surface area contributed by atoms with Crippen LogP contribution in [0.2, 0.25) is 0 Å². The van der Waals surface area contributed by atoms with E-state index in [2.05, 4.69) is 22.4 Å². The molecular weight excluding hydrogens is 266 g/mol. The average molecular weight is 287 g/mol. The van der Waals surface area contributed by atoms with Crippen molar-refractivity contribution in [2.75, 3.05) is 6.61 Å². The Hall–Kier alpha value is -1.88. The minimum absolute atomic E-state index is 0.558. The van der Waals surface area contributed by atoms with Crippen molar-refractivity contribution < 1.29 is 9.26 Å². The van der Waals surface area contributed by atoms with Gasteiger partial charge in [-0.15, -0.1) is 0 Å². The summed E-state index contributed by atoms with van der Waals surface area (Å²) >= 11 is 0. The number of benzene rings is 1. The predicted octanol–water partition coefficient (Wildman–Crippen LogP) is 3.17. The largest absolute Gasteiger partial charge is 0.494 e. The average Bonchev–Trinajstić information content (AvgIpc) is 3.23. The Morgan fingerprint density at radius 1 is 1.29 bits per heavy atom. The zero-order valence-electron chi connectivity index (χ0n) is 12.3. The van der Waals surface area contributed by atoms with E-state index in [1.165, 1.54) is 12.8 Å². The third kappa shape index (κ3) is 4.04. The Bertz CT molecular complexity index is 561. The lowest BCUT2D eigenvalue weighted by molar-refractivity contribution is 0.309. The Morgan fingerprint density at radius 3 is 2.81 bits per heavy atom. The van der Waals surface area contributed by atoms with Crippen molar-refractivity contribution in [1.29, 1.82) is 0 Å². The lowest BCUT2D eigenvalue weighted by Gasteiger charge is -2.04. The molecule has 0 aliphatic heterocycles. The minimum Gasteiger partial charge on any atom is -0.494 e. The van der Waals surface area contributed by atoms with Crippen LogP contribution in [0.4, 0.5) is 0 Å². The van der Waals surface area contributed by atoms with Crippen LogP contribution >= 0.6 is 0 Å². The van der Waals surface area contributed by atoms with Gasteiger partial charge in [0.1, 0.15) is 5.75 Å². The fraction of sp³-hybridized carbons (Fsp3) is 0.500. The molecule has 3 rings (SSSR count). The van der Waals surface area contributed by atoms with E-state index in [0.29, 0.717) is 24.3 Å². The van der Waals surface area contributed by atoms with Gasteiger partial charge in [0.25, 0.3) is 5.89 Å². The van der Waals surface area contributed by atoms with Gasteiger partial charge < -0.3 is 14.6 Å². The van der Waals surface area contributed by atoms with Crippen LogP contribution in [0.3, 0.4) is 0 Å². The van der Waals surface area contributed by atoms with Gasteiger partial charge in [0.15, 0.2) is 5.82 Å². The molecule has 5 heteroatoms. The summed E-state index contributed by atoms with van der Waals surface area (Å²) in [5.41, 5.74) is 0.919. The first kappa shape index (κ1) is 14.1. The summed E-state index contributed by atoms with van der Waals surface area (Å²) < 4.78 is 10.9. The first-order valence-corrected chi connectivity index (χ1v) is 7.64. The Morgan fingerprint density at radius 2 is 2.10 bits per heavy atom. The van der Waals surface area contributed by atoms with Crippen LogP contribution in [0, 0.1) is 0 Å². The first-order chi connectivity index (χ1) is 10.3. The van der Waals surface area contributed by atoms with Crippen LogP contribution in [-0.2, 0) is 6.54 Å². The molecule has 1 heterocycles. The second kappa shape index (κ2) is 6.72. The van der Waals surface area contributed by atoms with Gasteiger partial charge >= 0.3 is 0 Å². The van der Waals surface area contributed by atoms with E-state index in [4.69, 9.17) is 9.26 Å². The van der Waals surface area contributed by atoms with Crippen molar-refractivity contribution in [2.24, 2.45) is 0 Å². The number of hydrogen-bond acceptors (Lipinski definition) is 5. The lowest BCUT2D eigenvalue weighted by Crippen LogP contribution is -2.16. The summed E-state index contributed by atoms with van der Waals surface area (Å²) in [6, 6.07) is 8.43. The molecule has 1 aromatic heterocycles. The molecule has 112 valence electrons. The molecular formula is C16H21N3O2. The fourth-order valence-electron chi connectivity index (χ4n) is 1.99. The van der Waals surface area contributed by atoms with Crippen LogP contribution in [0.1, 0.15) is 38.4 Å². The van der Waals surface area contributed by atoms with Crippen molar-refractivity contribution in [2.45, 2.75) is 45.2 Å². The molecule has 1 aliphatic carbocycles. The van der Waals surface area contributed by atoms with Crippen LogP contribution in [0.5, 0.6) is 5.75 Å². The van der Waals surface area contributed by atoms with Crippen molar-refractivity contribution >= 4 is 0 Å². The van der Waals surface area contributed by atoms with Gasteiger partial charge in [-0.25, -0.2) is 0 Å². The quantitative estimate of drug-likeness (QED) is 0.756. The zero-order valence-corrected chi connectivity index (χ0v) is 12.3. The molecule has 0 saturated heterocycles. The molecule has 0 unspecified atom stereocenters. The third-order valence-corrected chi connectivity index (χ3v) is 3.46. The van der Waals surface area contributed by atoms with Gasteiger partial charge in [-0.1, -0.05) is 18.5 Å². The van der Waals surface area contributed by atoms with Gasteiger partial charge in [0.05, 0.1) is 13.2 Å². The Kier molecular flexibility index (Phi) is 4.50. The van der Waals surface area contributed by atoms with Crippen LogP contribution in [0.15, 0.2) is 28.8 Å². The van der Waals surface area contributed by atoms with E-state index in [1.54, 1.807) is 0 Å². The zero-order chi connectivity index (χ0) is 14.5. The number of nitrogens with one attached hydrogen (secondary N) is 1. The lowest BCUT2D eigenvalue weighted by atomic mass is 10.2. The smallest absolute Gasteiger partial charge is 0.257 e. The highest BCUT2D eigenvalue weighted by molar-refractivity contribution is 5.54. The highest BCUT2D eigenvalue weighted by atomic mass is 16.5. The van der Waals surface area contributed by atoms with Crippen molar-refractivity contribution in [3.05, 3.63) is 30.1 Å². The molecule has 0 bridgehead atoms. The van der Waals surface area contributed by atoms with Crippen LogP contribution in [0.25, 0.3) is 11.5 Å². The maximum atomic E-state index is 5.64. The highest BCUT2D eigenvalue weighted by Gasteiger charge is 2.21. The normalized spacial score (nSPS) is 14.3. The van der Waals surface area contributed by atoms with Crippen molar-refractivity contribution in [1.82, 2.24) is 15.5 Å². The summed E-state index contributed by atoms with van der Waals surface area (Å²) in [6.07, 6.45) is 4.72. The highest BCUT2D eigenvalue weighted by Crippen LogP contribution is 2.22. The third-order valence-electron chi connectivity index (χ3n) is 3.46.